The predicted octanol–water partition coefficient (Wildman–Crippen LogP) is 2.32. The molecular formula is C16H20N2O2S. The number of hydrogen-bond donors (Lipinski definition) is 1. The van der Waals surface area contributed by atoms with Crippen LogP contribution in [0.3, 0.4) is 0 Å². The minimum Gasteiger partial charge on any atom is -0.310 e. The molecule has 0 radical (unpaired) electrons. The molecule has 0 spiro atoms. The first-order valence-corrected chi connectivity index (χ1v) is 9.20. The van der Waals surface area contributed by atoms with Crippen LogP contribution in [0.1, 0.15) is 24.9 Å². The molecule has 0 saturated carbocycles. The number of pyridine rings is 1. The maximum atomic E-state index is 11.8. The first-order valence-electron chi connectivity index (χ1n) is 7.37. The van der Waals surface area contributed by atoms with Crippen molar-refractivity contribution in [3.8, 4) is 0 Å². The van der Waals surface area contributed by atoms with E-state index in [1.165, 1.54) is 0 Å². The fourth-order valence-electron chi connectivity index (χ4n) is 3.15. The molecule has 2 heterocycles. The molecule has 5 heteroatoms. The van der Waals surface area contributed by atoms with Crippen LogP contribution in [0.4, 0.5) is 0 Å². The van der Waals surface area contributed by atoms with Crippen molar-refractivity contribution in [3.63, 3.8) is 0 Å². The Morgan fingerprint density at radius 1 is 1.38 bits per heavy atom. The first kappa shape index (κ1) is 14.5. The van der Waals surface area contributed by atoms with Crippen molar-refractivity contribution >= 4 is 20.7 Å². The Morgan fingerprint density at radius 3 is 2.95 bits per heavy atom. The van der Waals surface area contributed by atoms with Crippen molar-refractivity contribution in [2.24, 2.45) is 5.92 Å². The second-order valence-electron chi connectivity index (χ2n) is 5.65. The topological polar surface area (TPSA) is 59.1 Å². The Labute approximate surface area is 125 Å². The maximum absolute atomic E-state index is 11.8. The molecule has 1 aromatic heterocycles. The van der Waals surface area contributed by atoms with Gasteiger partial charge in [0.05, 0.1) is 17.0 Å². The van der Waals surface area contributed by atoms with Gasteiger partial charge in [-0.05, 0) is 42.6 Å². The van der Waals surface area contributed by atoms with Gasteiger partial charge < -0.3 is 5.32 Å². The summed E-state index contributed by atoms with van der Waals surface area (Å²) in [5.74, 6) is 0.758. The van der Waals surface area contributed by atoms with E-state index >= 15 is 0 Å². The lowest BCUT2D eigenvalue weighted by atomic mass is 9.91. The van der Waals surface area contributed by atoms with Crippen LogP contribution in [0.25, 0.3) is 10.9 Å². The van der Waals surface area contributed by atoms with Crippen molar-refractivity contribution < 1.29 is 8.42 Å². The van der Waals surface area contributed by atoms with Crippen molar-refractivity contribution in [3.05, 3.63) is 42.1 Å². The zero-order valence-electron chi connectivity index (χ0n) is 12.1. The maximum Gasteiger partial charge on any atom is 0.150 e. The minimum atomic E-state index is -2.86. The van der Waals surface area contributed by atoms with Crippen LogP contribution in [-0.2, 0) is 9.84 Å². The van der Waals surface area contributed by atoms with E-state index in [4.69, 9.17) is 0 Å². The largest absolute Gasteiger partial charge is 0.310 e. The Morgan fingerprint density at radius 2 is 2.24 bits per heavy atom. The van der Waals surface area contributed by atoms with Crippen LogP contribution < -0.4 is 5.32 Å². The highest BCUT2D eigenvalue weighted by Gasteiger charge is 2.34. The molecule has 0 amide bonds. The number of benzene rings is 1. The number of nitrogens with zero attached hydrogens (tertiary/aromatic N) is 1. The molecule has 2 atom stereocenters. The van der Waals surface area contributed by atoms with Crippen molar-refractivity contribution in [1.29, 1.82) is 0 Å². The Kier molecular flexibility index (Phi) is 3.95. The van der Waals surface area contributed by atoms with Crippen molar-refractivity contribution in [1.82, 2.24) is 10.3 Å². The minimum absolute atomic E-state index is 0.0943. The van der Waals surface area contributed by atoms with Crippen LogP contribution in [0.5, 0.6) is 0 Å². The highest BCUT2D eigenvalue weighted by Crippen LogP contribution is 2.32. The van der Waals surface area contributed by atoms with Gasteiger partial charge in [0, 0.05) is 17.6 Å². The van der Waals surface area contributed by atoms with E-state index in [0.717, 1.165) is 29.4 Å². The summed E-state index contributed by atoms with van der Waals surface area (Å²) in [6, 6.07) is 10.3. The third-order valence-electron chi connectivity index (χ3n) is 4.15. The highest BCUT2D eigenvalue weighted by atomic mass is 32.2. The normalized spacial score (nSPS) is 22.4. The van der Waals surface area contributed by atoms with Crippen LogP contribution in [-0.4, -0.2) is 31.5 Å². The molecule has 1 aromatic carbocycles. The Balaban J connectivity index is 1.95. The SMILES string of the molecule is CCNC(c1ccc2ncccc2c1)C1CCS(=O)(=O)C1. The van der Waals surface area contributed by atoms with E-state index in [0.29, 0.717) is 5.75 Å². The monoisotopic (exact) mass is 304 g/mol. The quantitative estimate of drug-likeness (QED) is 0.942. The van der Waals surface area contributed by atoms with Crippen LogP contribution in [0.2, 0.25) is 0 Å². The van der Waals surface area contributed by atoms with E-state index in [1.54, 1.807) is 6.20 Å². The molecule has 112 valence electrons. The Hall–Kier alpha value is -1.46. The Bertz CT molecular complexity index is 743. The fourth-order valence-corrected chi connectivity index (χ4v) is 4.99. The van der Waals surface area contributed by atoms with Crippen molar-refractivity contribution in [2.45, 2.75) is 19.4 Å². The van der Waals surface area contributed by atoms with Gasteiger partial charge in [0.25, 0.3) is 0 Å². The number of hydrogen-bond acceptors (Lipinski definition) is 4. The standard InChI is InChI=1S/C16H20N2O2S/c1-2-17-16(14-7-9-21(19,20)11-14)13-5-6-15-12(10-13)4-3-8-18-15/h3-6,8,10,14,16-17H,2,7,9,11H2,1H3. The van der Waals surface area contributed by atoms with Gasteiger partial charge in [-0.25, -0.2) is 8.42 Å². The molecule has 0 aliphatic carbocycles. The van der Waals surface area contributed by atoms with E-state index in [-0.39, 0.29) is 17.7 Å². The molecule has 2 aromatic rings. The molecule has 1 saturated heterocycles. The van der Waals surface area contributed by atoms with Crippen LogP contribution >= 0.6 is 0 Å². The van der Waals surface area contributed by atoms with Gasteiger partial charge in [-0.2, -0.15) is 0 Å². The molecule has 21 heavy (non-hydrogen) atoms. The molecule has 1 aliphatic rings. The number of nitrogens with one attached hydrogen (secondary N) is 1. The van der Waals surface area contributed by atoms with E-state index in [2.05, 4.69) is 29.4 Å². The average molecular weight is 304 g/mol. The van der Waals surface area contributed by atoms with Gasteiger partial charge in [-0.3, -0.25) is 4.98 Å². The lowest BCUT2D eigenvalue weighted by molar-refractivity contribution is 0.400. The van der Waals surface area contributed by atoms with E-state index in [1.807, 2.05) is 18.2 Å². The number of fused-ring (bicyclic) bond motifs is 1. The molecule has 4 nitrogen and oxygen atoms in total. The summed E-state index contributed by atoms with van der Waals surface area (Å²) < 4.78 is 23.5. The van der Waals surface area contributed by atoms with E-state index in [9.17, 15) is 8.42 Å². The van der Waals surface area contributed by atoms with Crippen molar-refractivity contribution in [2.75, 3.05) is 18.1 Å². The predicted molar refractivity (Wildman–Crippen MR) is 84.9 cm³/mol. The molecule has 2 unspecified atom stereocenters. The number of sulfone groups is 1. The average Bonchev–Trinajstić information content (AvgIpc) is 2.84. The summed E-state index contributed by atoms with van der Waals surface area (Å²) in [6.45, 7) is 2.88. The smallest absolute Gasteiger partial charge is 0.150 e. The summed E-state index contributed by atoms with van der Waals surface area (Å²) in [5, 5.41) is 4.55. The number of aromatic nitrogens is 1. The molecule has 3 rings (SSSR count). The van der Waals surface area contributed by atoms with Gasteiger partial charge in [-0.1, -0.05) is 19.1 Å². The van der Waals surface area contributed by atoms with Gasteiger partial charge in [0.2, 0.25) is 0 Å². The number of rotatable bonds is 4. The highest BCUT2D eigenvalue weighted by molar-refractivity contribution is 7.91. The zero-order chi connectivity index (χ0) is 14.9. The van der Waals surface area contributed by atoms with Gasteiger partial charge in [0.1, 0.15) is 0 Å². The van der Waals surface area contributed by atoms with E-state index < -0.39 is 9.84 Å². The lowest BCUT2D eigenvalue weighted by Gasteiger charge is -2.24. The van der Waals surface area contributed by atoms with Crippen LogP contribution in [0.15, 0.2) is 36.5 Å². The van der Waals surface area contributed by atoms with Gasteiger partial charge in [0.15, 0.2) is 9.84 Å². The molecule has 1 N–H and O–H groups in total. The van der Waals surface area contributed by atoms with Gasteiger partial charge in [-0.15, -0.1) is 0 Å². The lowest BCUT2D eigenvalue weighted by Crippen LogP contribution is -2.29. The van der Waals surface area contributed by atoms with Gasteiger partial charge >= 0.3 is 0 Å². The first-order chi connectivity index (χ1) is 10.1. The molecule has 0 bridgehead atoms. The van der Waals surface area contributed by atoms with Crippen LogP contribution in [0, 0.1) is 5.92 Å². The molecule has 1 aliphatic heterocycles. The summed E-state index contributed by atoms with van der Waals surface area (Å²) in [7, 11) is -2.86. The summed E-state index contributed by atoms with van der Waals surface area (Å²) in [5.41, 5.74) is 2.12. The third-order valence-corrected chi connectivity index (χ3v) is 5.94. The third kappa shape index (κ3) is 3.09. The molecular weight excluding hydrogens is 284 g/mol. The second kappa shape index (κ2) is 5.73. The summed E-state index contributed by atoms with van der Waals surface area (Å²) in [4.78, 5) is 4.33. The second-order valence-corrected chi connectivity index (χ2v) is 7.88. The zero-order valence-corrected chi connectivity index (χ0v) is 12.9. The summed E-state index contributed by atoms with van der Waals surface area (Å²) in [6.07, 6.45) is 2.53. The summed E-state index contributed by atoms with van der Waals surface area (Å²) >= 11 is 0. The molecule has 1 fully saturated rings. The fraction of sp³-hybridized carbons (Fsp3) is 0.438.